The Labute approximate surface area is 208 Å². The van der Waals surface area contributed by atoms with Gasteiger partial charge in [0.25, 0.3) is 5.91 Å². The second-order valence-electron chi connectivity index (χ2n) is 10.4. The molecule has 0 unspecified atom stereocenters. The number of aryl methyl sites for hydroxylation is 2. The van der Waals surface area contributed by atoms with Crippen LogP contribution in [0.5, 0.6) is 0 Å². The Kier molecular flexibility index (Phi) is 6.94. The third kappa shape index (κ3) is 4.74. The summed E-state index contributed by atoms with van der Waals surface area (Å²) in [7, 11) is 0. The SMILES string of the molecule is CCn1c(C)nc2cc(C(=O)NC[C@@]3(c4ccccc4)CC[C@H](O)[C@@H](N4CCCC4)CC3)ccc21. The van der Waals surface area contributed by atoms with Gasteiger partial charge in [-0.2, -0.15) is 0 Å². The summed E-state index contributed by atoms with van der Waals surface area (Å²) in [5.41, 5.74) is 3.64. The van der Waals surface area contributed by atoms with Crippen molar-refractivity contribution in [1.29, 1.82) is 0 Å². The first kappa shape index (κ1) is 24.0. The highest BCUT2D eigenvalue weighted by atomic mass is 16.3. The minimum Gasteiger partial charge on any atom is -0.391 e. The van der Waals surface area contributed by atoms with Crippen LogP contribution in [-0.4, -0.2) is 57.2 Å². The number of carbonyl (C=O) groups excluding carboxylic acids is 1. The van der Waals surface area contributed by atoms with Gasteiger partial charge in [0.1, 0.15) is 5.82 Å². The fourth-order valence-corrected chi connectivity index (χ4v) is 6.36. The van der Waals surface area contributed by atoms with Gasteiger partial charge in [0.05, 0.1) is 17.1 Å². The van der Waals surface area contributed by atoms with Crippen LogP contribution in [-0.2, 0) is 12.0 Å². The summed E-state index contributed by atoms with van der Waals surface area (Å²) in [6.07, 6.45) is 5.66. The number of nitrogens with zero attached hydrogens (tertiary/aromatic N) is 3. The van der Waals surface area contributed by atoms with Crippen LogP contribution in [0.15, 0.2) is 48.5 Å². The summed E-state index contributed by atoms with van der Waals surface area (Å²) in [5, 5.41) is 14.3. The van der Waals surface area contributed by atoms with Crippen LogP contribution in [0.3, 0.4) is 0 Å². The smallest absolute Gasteiger partial charge is 0.251 e. The van der Waals surface area contributed by atoms with Crippen molar-refractivity contribution < 1.29 is 9.90 Å². The summed E-state index contributed by atoms with van der Waals surface area (Å²) in [6, 6.07) is 16.6. The van der Waals surface area contributed by atoms with Crippen molar-refractivity contribution in [2.24, 2.45) is 0 Å². The zero-order chi connectivity index (χ0) is 24.4. The molecule has 1 aliphatic heterocycles. The van der Waals surface area contributed by atoms with E-state index in [1.807, 2.05) is 31.2 Å². The fraction of sp³-hybridized carbons (Fsp3) is 0.517. The minimum atomic E-state index is -0.311. The van der Waals surface area contributed by atoms with Crippen molar-refractivity contribution >= 4 is 16.9 Å². The van der Waals surface area contributed by atoms with Crippen LogP contribution < -0.4 is 5.32 Å². The maximum absolute atomic E-state index is 13.3. The normalized spacial score (nSPS) is 25.6. The fourth-order valence-electron chi connectivity index (χ4n) is 6.36. The zero-order valence-corrected chi connectivity index (χ0v) is 21.0. The van der Waals surface area contributed by atoms with Crippen molar-refractivity contribution in [1.82, 2.24) is 19.8 Å². The average molecular weight is 475 g/mol. The maximum Gasteiger partial charge on any atom is 0.251 e. The summed E-state index contributed by atoms with van der Waals surface area (Å²) in [4.78, 5) is 20.4. The number of likely N-dealkylation sites (tertiary alicyclic amines) is 1. The molecule has 1 saturated heterocycles. The number of aliphatic hydroxyl groups excluding tert-OH is 1. The van der Waals surface area contributed by atoms with Gasteiger partial charge < -0.3 is 15.0 Å². The van der Waals surface area contributed by atoms with E-state index in [0.717, 1.165) is 62.2 Å². The molecule has 1 aromatic heterocycles. The highest BCUT2D eigenvalue weighted by molar-refractivity contribution is 5.97. The van der Waals surface area contributed by atoms with Gasteiger partial charge in [-0.15, -0.1) is 0 Å². The van der Waals surface area contributed by atoms with Crippen LogP contribution in [0.4, 0.5) is 0 Å². The number of rotatable bonds is 6. The molecule has 2 heterocycles. The molecule has 3 aromatic rings. The van der Waals surface area contributed by atoms with Gasteiger partial charge in [-0.3, -0.25) is 9.69 Å². The molecule has 1 amide bonds. The van der Waals surface area contributed by atoms with Crippen molar-refractivity contribution in [3.8, 4) is 0 Å². The molecule has 0 radical (unpaired) electrons. The lowest BCUT2D eigenvalue weighted by molar-refractivity contribution is 0.0569. The van der Waals surface area contributed by atoms with Crippen LogP contribution in [0, 0.1) is 6.92 Å². The Morgan fingerprint density at radius 2 is 1.86 bits per heavy atom. The average Bonchev–Trinajstić information content (AvgIpc) is 3.48. The van der Waals surface area contributed by atoms with Gasteiger partial charge in [-0.25, -0.2) is 4.98 Å². The van der Waals surface area contributed by atoms with E-state index < -0.39 is 0 Å². The molecule has 0 spiro atoms. The van der Waals surface area contributed by atoms with Gasteiger partial charge in [-0.05, 0) is 89.2 Å². The first-order valence-electron chi connectivity index (χ1n) is 13.2. The van der Waals surface area contributed by atoms with Crippen molar-refractivity contribution in [3.05, 3.63) is 65.5 Å². The molecule has 186 valence electrons. The lowest BCUT2D eigenvalue weighted by Gasteiger charge is -2.34. The van der Waals surface area contributed by atoms with Crippen LogP contribution in [0.1, 0.15) is 67.2 Å². The number of benzene rings is 2. The third-order valence-electron chi connectivity index (χ3n) is 8.38. The highest BCUT2D eigenvalue weighted by Crippen LogP contribution is 2.40. The predicted molar refractivity (Wildman–Crippen MR) is 140 cm³/mol. The van der Waals surface area contributed by atoms with Gasteiger partial charge in [0.2, 0.25) is 0 Å². The second-order valence-corrected chi connectivity index (χ2v) is 10.4. The van der Waals surface area contributed by atoms with Crippen molar-refractivity contribution in [3.63, 3.8) is 0 Å². The Balaban J connectivity index is 1.37. The molecule has 2 aliphatic rings. The standard InChI is InChI=1S/C29H38N4O2/c1-3-33-21(2)31-24-19-22(11-12-25(24)33)28(35)30-20-29(23-9-5-4-6-10-23)15-13-26(27(34)14-16-29)32-17-7-8-18-32/h4-6,9-12,19,26-27,34H,3,7-8,13-18,20H2,1-2H3,(H,30,35)/t26-,27-,29-/m0/s1. The number of aliphatic hydroxyl groups is 1. The van der Waals surface area contributed by atoms with E-state index in [9.17, 15) is 9.90 Å². The summed E-state index contributed by atoms with van der Waals surface area (Å²) >= 11 is 0. The summed E-state index contributed by atoms with van der Waals surface area (Å²) in [6.45, 7) is 7.71. The number of hydrogen-bond acceptors (Lipinski definition) is 4. The molecular formula is C29H38N4O2. The van der Waals surface area contributed by atoms with Gasteiger partial charge in [0.15, 0.2) is 0 Å². The number of fused-ring (bicyclic) bond motifs is 1. The highest BCUT2D eigenvalue weighted by Gasteiger charge is 2.40. The second kappa shape index (κ2) is 10.1. The monoisotopic (exact) mass is 474 g/mol. The summed E-state index contributed by atoms with van der Waals surface area (Å²) < 4.78 is 2.16. The molecule has 1 aliphatic carbocycles. The quantitative estimate of drug-likeness (QED) is 0.519. The Hall–Kier alpha value is -2.70. The molecule has 2 fully saturated rings. The van der Waals surface area contributed by atoms with E-state index >= 15 is 0 Å². The van der Waals surface area contributed by atoms with Crippen molar-refractivity contribution in [2.75, 3.05) is 19.6 Å². The molecular weight excluding hydrogens is 436 g/mol. The number of imidazole rings is 1. The van der Waals surface area contributed by atoms with Gasteiger partial charge >= 0.3 is 0 Å². The Bertz CT molecular complexity index is 1170. The summed E-state index contributed by atoms with van der Waals surface area (Å²) in [5.74, 6) is 0.902. The molecule has 0 bridgehead atoms. The van der Waals surface area contributed by atoms with E-state index in [2.05, 4.69) is 51.0 Å². The number of hydrogen-bond donors (Lipinski definition) is 2. The molecule has 1 saturated carbocycles. The minimum absolute atomic E-state index is 0.0632. The Morgan fingerprint density at radius 3 is 2.60 bits per heavy atom. The van der Waals surface area contributed by atoms with Crippen LogP contribution in [0.2, 0.25) is 0 Å². The van der Waals surface area contributed by atoms with Crippen molar-refractivity contribution in [2.45, 2.75) is 76.5 Å². The number of carbonyl (C=O) groups is 1. The lowest BCUT2D eigenvalue weighted by Crippen LogP contribution is -2.42. The van der Waals surface area contributed by atoms with Gasteiger partial charge in [-0.1, -0.05) is 30.3 Å². The van der Waals surface area contributed by atoms with E-state index in [4.69, 9.17) is 0 Å². The predicted octanol–water partition coefficient (Wildman–Crippen LogP) is 4.43. The van der Waals surface area contributed by atoms with Gasteiger partial charge in [0, 0.05) is 30.1 Å². The van der Waals surface area contributed by atoms with Crippen LogP contribution >= 0.6 is 0 Å². The lowest BCUT2D eigenvalue weighted by atomic mass is 9.74. The number of nitrogens with one attached hydrogen (secondary N) is 1. The first-order valence-corrected chi connectivity index (χ1v) is 13.2. The number of amides is 1. The Morgan fingerprint density at radius 1 is 1.11 bits per heavy atom. The van der Waals surface area contributed by atoms with Crippen LogP contribution in [0.25, 0.3) is 11.0 Å². The third-order valence-corrected chi connectivity index (χ3v) is 8.38. The molecule has 35 heavy (non-hydrogen) atoms. The molecule has 6 nitrogen and oxygen atoms in total. The van der Waals surface area contributed by atoms with E-state index in [1.165, 1.54) is 18.4 Å². The molecule has 2 aromatic carbocycles. The molecule has 3 atom stereocenters. The molecule has 5 rings (SSSR count). The molecule has 6 heteroatoms. The molecule has 2 N–H and O–H groups in total. The van der Waals surface area contributed by atoms with E-state index in [-0.39, 0.29) is 23.5 Å². The first-order chi connectivity index (χ1) is 17.0. The van der Waals surface area contributed by atoms with E-state index in [1.54, 1.807) is 0 Å². The topological polar surface area (TPSA) is 70.4 Å². The van der Waals surface area contributed by atoms with E-state index in [0.29, 0.717) is 12.1 Å². The zero-order valence-electron chi connectivity index (χ0n) is 21.0. The number of aromatic nitrogens is 2. The maximum atomic E-state index is 13.3. The largest absolute Gasteiger partial charge is 0.391 e.